The van der Waals surface area contributed by atoms with Crippen molar-refractivity contribution in [3.63, 3.8) is 0 Å². The summed E-state index contributed by atoms with van der Waals surface area (Å²) >= 11 is 0. The lowest BCUT2D eigenvalue weighted by atomic mass is 9.87. The second-order valence-corrected chi connectivity index (χ2v) is 10.9. The Labute approximate surface area is 248 Å². The molecule has 1 aromatic heterocycles. The second-order valence-electron chi connectivity index (χ2n) is 10.9. The third-order valence-corrected chi connectivity index (χ3v) is 8.14. The number of methoxy groups -OCH3 is 1. The molecule has 9 nitrogen and oxygen atoms in total. The summed E-state index contributed by atoms with van der Waals surface area (Å²) in [7, 11) is 1.38. The average molecular weight is 590 g/mol. The zero-order valence-electron chi connectivity index (χ0n) is 23.9. The van der Waals surface area contributed by atoms with E-state index in [-0.39, 0.29) is 18.4 Å². The van der Waals surface area contributed by atoms with Crippen molar-refractivity contribution < 1.29 is 27.8 Å². The van der Waals surface area contributed by atoms with Crippen molar-refractivity contribution in [2.24, 2.45) is 5.92 Å². The monoisotopic (exact) mass is 589 g/mol. The standard InChI is InChI=1S/C32H33F2N5O4/c1-41-31(40)24-2-5-26(6-3-24)37-12-14-38(15-13-37)27-7-9-28(10-8-27)42-18-23-17-32(43-19-23,20-39-22-35-21-36-39)29-11-4-25(33)16-30(29)34/h2-11,16,21-23H,12-15,17-20H2,1H3/t23-,32+/m1/s1. The Kier molecular flexibility index (Phi) is 8.24. The van der Waals surface area contributed by atoms with Crippen LogP contribution in [0.2, 0.25) is 0 Å². The van der Waals surface area contributed by atoms with Crippen molar-refractivity contribution in [3.8, 4) is 5.75 Å². The van der Waals surface area contributed by atoms with Crippen LogP contribution in [0.3, 0.4) is 0 Å². The smallest absolute Gasteiger partial charge is 0.337 e. The van der Waals surface area contributed by atoms with E-state index in [1.54, 1.807) is 23.1 Å². The number of aromatic nitrogens is 3. The first-order valence-electron chi connectivity index (χ1n) is 14.3. The lowest BCUT2D eigenvalue weighted by molar-refractivity contribution is -0.0206. The Morgan fingerprint density at radius 3 is 2.26 bits per heavy atom. The summed E-state index contributed by atoms with van der Waals surface area (Å²) in [5.74, 6) is -0.865. The Balaban J connectivity index is 1.03. The van der Waals surface area contributed by atoms with Gasteiger partial charge in [0.25, 0.3) is 0 Å². The maximum absolute atomic E-state index is 14.9. The highest BCUT2D eigenvalue weighted by molar-refractivity contribution is 5.89. The lowest BCUT2D eigenvalue weighted by Crippen LogP contribution is -2.46. The topological polar surface area (TPSA) is 82.0 Å². The summed E-state index contributed by atoms with van der Waals surface area (Å²) in [6.07, 6.45) is 3.46. The Bertz CT molecular complexity index is 1530. The molecule has 0 amide bonds. The predicted molar refractivity (Wildman–Crippen MR) is 156 cm³/mol. The number of piperazine rings is 1. The van der Waals surface area contributed by atoms with Crippen LogP contribution in [0.5, 0.6) is 5.75 Å². The van der Waals surface area contributed by atoms with Gasteiger partial charge in [0.15, 0.2) is 0 Å². The molecule has 0 N–H and O–H groups in total. The van der Waals surface area contributed by atoms with E-state index in [0.717, 1.165) is 49.4 Å². The number of benzene rings is 3. The van der Waals surface area contributed by atoms with Crippen LogP contribution in [-0.2, 0) is 21.6 Å². The van der Waals surface area contributed by atoms with Crippen molar-refractivity contribution in [2.75, 3.05) is 56.3 Å². The number of hydrogen-bond acceptors (Lipinski definition) is 8. The fourth-order valence-electron chi connectivity index (χ4n) is 5.90. The van der Waals surface area contributed by atoms with Crippen molar-refractivity contribution in [3.05, 3.63) is 102 Å². The summed E-state index contributed by atoms with van der Waals surface area (Å²) in [6.45, 7) is 4.49. The highest BCUT2D eigenvalue weighted by atomic mass is 19.1. The lowest BCUT2D eigenvalue weighted by Gasteiger charge is -2.37. The molecule has 0 bridgehead atoms. The number of halogens is 2. The summed E-state index contributed by atoms with van der Waals surface area (Å²) in [5.41, 5.74) is 2.04. The van der Waals surface area contributed by atoms with Gasteiger partial charge in [0.2, 0.25) is 0 Å². The molecule has 4 aromatic rings. The molecule has 0 unspecified atom stereocenters. The largest absolute Gasteiger partial charge is 0.493 e. The molecule has 0 saturated carbocycles. The van der Waals surface area contributed by atoms with Gasteiger partial charge in [-0.05, 0) is 61.0 Å². The predicted octanol–water partition coefficient (Wildman–Crippen LogP) is 4.68. The Hall–Kier alpha value is -4.51. The highest BCUT2D eigenvalue weighted by Gasteiger charge is 2.44. The quantitative estimate of drug-likeness (QED) is 0.261. The van der Waals surface area contributed by atoms with Crippen molar-refractivity contribution in [1.29, 1.82) is 0 Å². The van der Waals surface area contributed by atoms with E-state index >= 15 is 0 Å². The number of carbonyl (C=O) groups is 1. The third-order valence-electron chi connectivity index (χ3n) is 8.14. The molecule has 224 valence electrons. The van der Waals surface area contributed by atoms with E-state index in [0.29, 0.717) is 30.8 Å². The first-order valence-corrected chi connectivity index (χ1v) is 14.3. The van der Waals surface area contributed by atoms with E-state index in [4.69, 9.17) is 14.2 Å². The molecule has 3 heterocycles. The average Bonchev–Trinajstić information content (AvgIpc) is 3.70. The number of ether oxygens (including phenoxy) is 3. The van der Waals surface area contributed by atoms with Gasteiger partial charge >= 0.3 is 5.97 Å². The molecule has 3 aromatic carbocycles. The number of nitrogens with zero attached hydrogens (tertiary/aromatic N) is 5. The maximum atomic E-state index is 14.9. The molecule has 2 saturated heterocycles. The molecular formula is C32H33F2N5O4. The molecule has 0 radical (unpaired) electrons. The van der Waals surface area contributed by atoms with Gasteiger partial charge in [0.05, 0.1) is 32.4 Å². The van der Waals surface area contributed by atoms with Crippen molar-refractivity contribution >= 4 is 17.3 Å². The SMILES string of the molecule is COC(=O)c1ccc(N2CCN(c3ccc(OC[C@@H]4CO[C@@](Cn5cncn5)(c5ccc(F)cc5F)C4)cc3)CC2)cc1. The maximum Gasteiger partial charge on any atom is 0.337 e. The van der Waals surface area contributed by atoms with Gasteiger partial charge in [-0.15, -0.1) is 0 Å². The minimum Gasteiger partial charge on any atom is -0.493 e. The molecule has 2 aliphatic rings. The Morgan fingerprint density at radius 2 is 1.65 bits per heavy atom. The molecule has 2 aliphatic heterocycles. The number of carbonyl (C=O) groups excluding carboxylic acids is 1. The van der Waals surface area contributed by atoms with Gasteiger partial charge in [0, 0.05) is 55.1 Å². The van der Waals surface area contributed by atoms with Crippen LogP contribution in [0.15, 0.2) is 79.4 Å². The van der Waals surface area contributed by atoms with Gasteiger partial charge in [-0.3, -0.25) is 0 Å². The van der Waals surface area contributed by atoms with Crippen LogP contribution in [0.4, 0.5) is 20.2 Å². The van der Waals surface area contributed by atoms with E-state index in [1.807, 2.05) is 24.3 Å². The van der Waals surface area contributed by atoms with Gasteiger partial charge in [0.1, 0.15) is 35.6 Å². The van der Waals surface area contributed by atoms with Crippen LogP contribution in [0.1, 0.15) is 22.3 Å². The zero-order chi connectivity index (χ0) is 29.8. The van der Waals surface area contributed by atoms with Crippen molar-refractivity contribution in [1.82, 2.24) is 14.8 Å². The molecule has 2 fully saturated rings. The molecular weight excluding hydrogens is 556 g/mol. The Morgan fingerprint density at radius 1 is 0.977 bits per heavy atom. The summed E-state index contributed by atoms with van der Waals surface area (Å²) in [6, 6.07) is 19.1. The van der Waals surface area contributed by atoms with E-state index in [9.17, 15) is 13.6 Å². The van der Waals surface area contributed by atoms with Crippen LogP contribution in [0, 0.1) is 17.6 Å². The first kappa shape index (κ1) is 28.6. The van der Waals surface area contributed by atoms with Crippen LogP contribution >= 0.6 is 0 Å². The van der Waals surface area contributed by atoms with Gasteiger partial charge in [-0.2, -0.15) is 5.10 Å². The summed E-state index contributed by atoms with van der Waals surface area (Å²) in [5, 5.41) is 4.17. The molecule has 11 heteroatoms. The fraction of sp³-hybridized carbons (Fsp3) is 0.344. The number of hydrogen-bond donors (Lipinski definition) is 0. The van der Waals surface area contributed by atoms with E-state index < -0.39 is 17.2 Å². The minimum atomic E-state index is -1.01. The van der Waals surface area contributed by atoms with Gasteiger partial charge in [-0.25, -0.2) is 23.2 Å². The summed E-state index contributed by atoms with van der Waals surface area (Å²) in [4.78, 5) is 20.3. The first-order chi connectivity index (χ1) is 20.9. The fourth-order valence-corrected chi connectivity index (χ4v) is 5.90. The number of rotatable bonds is 9. The van der Waals surface area contributed by atoms with E-state index in [2.05, 4.69) is 32.0 Å². The third kappa shape index (κ3) is 6.31. The van der Waals surface area contributed by atoms with Crippen molar-refractivity contribution in [2.45, 2.75) is 18.6 Å². The number of anilines is 2. The molecule has 0 aliphatic carbocycles. The molecule has 6 rings (SSSR count). The normalized spacial score (nSPS) is 20.3. The highest BCUT2D eigenvalue weighted by Crippen LogP contribution is 2.42. The van der Waals surface area contributed by atoms with Crippen LogP contribution in [-0.4, -0.2) is 67.2 Å². The van der Waals surface area contributed by atoms with Crippen LogP contribution < -0.4 is 14.5 Å². The molecule has 2 atom stereocenters. The second kappa shape index (κ2) is 12.4. The zero-order valence-corrected chi connectivity index (χ0v) is 23.9. The number of esters is 1. The van der Waals surface area contributed by atoms with Gasteiger partial charge in [-0.1, -0.05) is 6.07 Å². The minimum absolute atomic E-state index is 0.00223. The van der Waals surface area contributed by atoms with Crippen LogP contribution in [0.25, 0.3) is 0 Å². The molecule has 43 heavy (non-hydrogen) atoms. The van der Waals surface area contributed by atoms with Gasteiger partial charge < -0.3 is 24.0 Å². The van der Waals surface area contributed by atoms with E-state index in [1.165, 1.54) is 25.6 Å². The molecule has 0 spiro atoms. The summed E-state index contributed by atoms with van der Waals surface area (Å²) < 4.78 is 47.3.